The van der Waals surface area contributed by atoms with E-state index in [1.165, 1.54) is 21.0 Å². The molecule has 0 aromatic heterocycles. The molecule has 0 bridgehead atoms. The van der Waals surface area contributed by atoms with Crippen molar-refractivity contribution in [3.63, 3.8) is 0 Å². The highest BCUT2D eigenvalue weighted by Crippen LogP contribution is 2.44. The fraction of sp³-hybridized carbons (Fsp3) is 0.593. The Kier molecular flexibility index (Phi) is 10.0. The van der Waals surface area contributed by atoms with E-state index in [4.69, 9.17) is 14.2 Å². The molecule has 12 heteroatoms. The number of allylic oxidation sites excluding steroid dienone is 2. The number of carbonyl (C=O) groups excluding carboxylic acids is 3. The number of hydrogen-bond acceptors (Lipinski definition) is 8. The summed E-state index contributed by atoms with van der Waals surface area (Å²) < 4.78 is 57.0. The van der Waals surface area contributed by atoms with Gasteiger partial charge in [0.15, 0.2) is 0 Å². The molecule has 0 atom stereocenters. The van der Waals surface area contributed by atoms with E-state index in [-0.39, 0.29) is 48.0 Å². The zero-order chi connectivity index (χ0) is 28.9. The molecule has 216 valence electrons. The zero-order valence-electron chi connectivity index (χ0n) is 23.0. The van der Waals surface area contributed by atoms with Crippen molar-refractivity contribution in [1.82, 2.24) is 10.2 Å². The van der Waals surface area contributed by atoms with Gasteiger partial charge < -0.3 is 24.4 Å². The number of ether oxygens (including phenoxy) is 3. The number of amides is 1. The average Bonchev–Trinajstić information content (AvgIpc) is 3.52. The lowest BCUT2D eigenvalue weighted by Crippen LogP contribution is -2.46. The number of carbonyl (C=O) groups is 3. The first kappa shape index (κ1) is 30.4. The molecule has 0 radical (unpaired) electrons. The van der Waals surface area contributed by atoms with Gasteiger partial charge in [0.1, 0.15) is 19.0 Å². The Labute approximate surface area is 226 Å². The fourth-order valence-electron chi connectivity index (χ4n) is 4.81. The van der Waals surface area contributed by atoms with Crippen molar-refractivity contribution in [3.05, 3.63) is 33.9 Å². The summed E-state index contributed by atoms with van der Waals surface area (Å²) in [6.07, 6.45) is -2.81. The Hall–Kier alpha value is -3.12. The standard InChI is InChI=1S/C27H36F3N3O6/c1-16(2)33(26(36)27(28,29)30)23-19(24(37-5)18(4)20-14-39-25(35)22(20)23)8-6-17(3)7-9-21(34)38-13-12-32-11-10-31-15-32/h6,16,31H,7-15H2,1-5H3. The number of methoxy groups -OCH3 is 1. The van der Waals surface area contributed by atoms with Crippen LogP contribution in [0.1, 0.15) is 60.7 Å². The molecule has 39 heavy (non-hydrogen) atoms. The molecule has 0 spiro atoms. The largest absolute Gasteiger partial charge is 0.496 e. The van der Waals surface area contributed by atoms with Gasteiger partial charge in [-0.15, -0.1) is 0 Å². The van der Waals surface area contributed by atoms with E-state index in [2.05, 4.69) is 10.2 Å². The van der Waals surface area contributed by atoms with Crippen LogP contribution in [0, 0.1) is 6.92 Å². The number of alkyl halides is 3. The average molecular weight is 556 g/mol. The number of cyclic esters (lactones) is 1. The molecule has 1 saturated heterocycles. The van der Waals surface area contributed by atoms with Crippen molar-refractivity contribution in [2.24, 2.45) is 0 Å². The Morgan fingerprint density at radius 1 is 1.26 bits per heavy atom. The first-order valence-corrected chi connectivity index (χ1v) is 12.9. The third-order valence-corrected chi connectivity index (χ3v) is 6.86. The second-order valence-electron chi connectivity index (χ2n) is 9.93. The Balaban J connectivity index is 1.87. The van der Waals surface area contributed by atoms with Crippen LogP contribution in [-0.4, -0.2) is 75.0 Å². The van der Waals surface area contributed by atoms with E-state index in [1.54, 1.807) is 19.9 Å². The van der Waals surface area contributed by atoms with Gasteiger partial charge in [-0.3, -0.25) is 14.5 Å². The number of anilines is 1. The summed E-state index contributed by atoms with van der Waals surface area (Å²) >= 11 is 0. The predicted octanol–water partition coefficient (Wildman–Crippen LogP) is 3.65. The van der Waals surface area contributed by atoms with Crippen LogP contribution in [0.15, 0.2) is 11.6 Å². The molecule has 2 aliphatic rings. The van der Waals surface area contributed by atoms with Crippen molar-refractivity contribution >= 4 is 23.5 Å². The van der Waals surface area contributed by atoms with Gasteiger partial charge in [-0.1, -0.05) is 11.6 Å². The third kappa shape index (κ3) is 7.10. The van der Waals surface area contributed by atoms with Gasteiger partial charge in [0.25, 0.3) is 0 Å². The maximum absolute atomic E-state index is 13.7. The molecule has 1 aromatic carbocycles. The number of esters is 2. The Morgan fingerprint density at radius 3 is 2.56 bits per heavy atom. The topological polar surface area (TPSA) is 97.4 Å². The summed E-state index contributed by atoms with van der Waals surface area (Å²) in [5.74, 6) is -2.94. The second-order valence-corrected chi connectivity index (χ2v) is 9.93. The van der Waals surface area contributed by atoms with Gasteiger partial charge in [-0.25, -0.2) is 4.79 Å². The summed E-state index contributed by atoms with van der Waals surface area (Å²) in [5.41, 5.74) is 1.79. The van der Waals surface area contributed by atoms with Crippen LogP contribution >= 0.6 is 0 Å². The fourth-order valence-corrected chi connectivity index (χ4v) is 4.81. The molecule has 1 aromatic rings. The summed E-state index contributed by atoms with van der Waals surface area (Å²) in [6, 6.07) is -0.918. The quantitative estimate of drug-likeness (QED) is 0.327. The number of nitrogens with zero attached hydrogens (tertiary/aromatic N) is 2. The normalized spacial score (nSPS) is 15.9. The van der Waals surface area contributed by atoms with Crippen molar-refractivity contribution < 1.29 is 41.8 Å². The SMILES string of the molecule is COc1c(C)c2c(c(N(C(=O)C(F)(F)F)C(C)C)c1CC=C(C)CCC(=O)OCCN1CCNC1)C(=O)OC2. The van der Waals surface area contributed by atoms with Crippen LogP contribution in [-0.2, 0) is 32.1 Å². The molecule has 2 heterocycles. The number of benzene rings is 1. The highest BCUT2D eigenvalue weighted by Gasteiger charge is 2.47. The van der Waals surface area contributed by atoms with Crippen LogP contribution in [0.2, 0.25) is 0 Å². The van der Waals surface area contributed by atoms with E-state index in [0.29, 0.717) is 35.6 Å². The predicted molar refractivity (Wildman–Crippen MR) is 138 cm³/mol. The summed E-state index contributed by atoms with van der Waals surface area (Å²) in [4.78, 5) is 40.2. The minimum absolute atomic E-state index is 0.0579. The molecular weight excluding hydrogens is 519 g/mol. The van der Waals surface area contributed by atoms with Gasteiger partial charge in [0.2, 0.25) is 0 Å². The van der Waals surface area contributed by atoms with Crippen molar-refractivity contribution in [2.45, 2.75) is 65.8 Å². The Morgan fingerprint density at radius 2 is 1.97 bits per heavy atom. The maximum atomic E-state index is 13.7. The number of nitrogens with one attached hydrogen (secondary N) is 1. The lowest BCUT2D eigenvalue weighted by Gasteiger charge is -2.32. The summed E-state index contributed by atoms with van der Waals surface area (Å²) in [7, 11) is 1.38. The third-order valence-electron chi connectivity index (χ3n) is 6.86. The first-order valence-electron chi connectivity index (χ1n) is 12.9. The van der Waals surface area contributed by atoms with Crippen LogP contribution in [0.25, 0.3) is 0 Å². The molecule has 1 N–H and O–H groups in total. The number of halogens is 3. The molecule has 0 aliphatic carbocycles. The van der Waals surface area contributed by atoms with Crippen molar-refractivity contribution in [1.29, 1.82) is 0 Å². The molecule has 2 aliphatic heterocycles. The highest BCUT2D eigenvalue weighted by atomic mass is 19.4. The maximum Gasteiger partial charge on any atom is 0.471 e. The molecular formula is C27H36F3N3O6. The lowest BCUT2D eigenvalue weighted by molar-refractivity contribution is -0.170. The molecule has 1 amide bonds. The number of rotatable bonds is 11. The van der Waals surface area contributed by atoms with Crippen LogP contribution in [0.4, 0.5) is 18.9 Å². The van der Waals surface area contributed by atoms with Gasteiger partial charge in [0.05, 0.1) is 18.4 Å². The smallest absolute Gasteiger partial charge is 0.471 e. The van der Waals surface area contributed by atoms with Crippen molar-refractivity contribution in [2.75, 3.05) is 44.9 Å². The van der Waals surface area contributed by atoms with Crippen LogP contribution < -0.4 is 15.0 Å². The molecule has 0 unspecified atom stereocenters. The summed E-state index contributed by atoms with van der Waals surface area (Å²) in [6.45, 7) is 9.80. The molecule has 3 rings (SSSR count). The first-order chi connectivity index (χ1) is 18.4. The highest BCUT2D eigenvalue weighted by molar-refractivity contribution is 6.08. The molecule has 1 fully saturated rings. The van der Waals surface area contributed by atoms with E-state index in [1.807, 2.05) is 0 Å². The monoisotopic (exact) mass is 555 g/mol. The van der Waals surface area contributed by atoms with Gasteiger partial charge in [0, 0.05) is 49.9 Å². The van der Waals surface area contributed by atoms with Crippen LogP contribution in [0.3, 0.4) is 0 Å². The van der Waals surface area contributed by atoms with Gasteiger partial charge >= 0.3 is 24.0 Å². The van der Waals surface area contributed by atoms with Crippen LogP contribution in [0.5, 0.6) is 5.75 Å². The minimum Gasteiger partial charge on any atom is -0.496 e. The molecule has 9 nitrogen and oxygen atoms in total. The zero-order valence-corrected chi connectivity index (χ0v) is 23.0. The minimum atomic E-state index is -5.16. The van der Waals surface area contributed by atoms with Crippen molar-refractivity contribution in [3.8, 4) is 5.75 Å². The number of hydrogen-bond donors (Lipinski definition) is 1. The summed E-state index contributed by atoms with van der Waals surface area (Å²) in [5, 5.41) is 3.20. The van der Waals surface area contributed by atoms with E-state index < -0.39 is 24.1 Å². The Bertz CT molecular complexity index is 1130. The second kappa shape index (κ2) is 12.8. The molecule has 0 saturated carbocycles. The van der Waals surface area contributed by atoms with E-state index in [9.17, 15) is 27.6 Å². The van der Waals surface area contributed by atoms with E-state index in [0.717, 1.165) is 25.3 Å². The van der Waals surface area contributed by atoms with E-state index >= 15 is 0 Å². The van der Waals surface area contributed by atoms with Gasteiger partial charge in [-0.05, 0) is 46.1 Å². The van der Waals surface area contributed by atoms with Gasteiger partial charge in [-0.2, -0.15) is 13.2 Å². The number of fused-ring (bicyclic) bond motifs is 1. The lowest BCUT2D eigenvalue weighted by atomic mass is 9.92.